The minimum atomic E-state index is -0.433. The van der Waals surface area contributed by atoms with E-state index in [2.05, 4.69) is 18.8 Å². The number of ether oxygens (including phenoxy) is 1. The second-order valence-corrected chi connectivity index (χ2v) is 5.21. The molecule has 0 radical (unpaired) electrons. The Kier molecular flexibility index (Phi) is 7.58. The minimum Gasteiger partial charge on any atom is -0.452 e. The predicted octanol–water partition coefficient (Wildman–Crippen LogP) is 2.98. The SMILES string of the molecule is C=CC[C@@H]1CCC(C(=O)NCCCCC)=CN1C(=O)OC. The number of carbonyl (C=O) groups is 2. The van der Waals surface area contributed by atoms with E-state index in [9.17, 15) is 9.59 Å². The number of unbranched alkanes of at least 4 members (excludes halogenated alkanes) is 2. The quantitative estimate of drug-likeness (QED) is 0.580. The molecule has 21 heavy (non-hydrogen) atoms. The molecule has 0 spiro atoms. The third-order valence-electron chi connectivity index (χ3n) is 3.62. The minimum absolute atomic E-state index is 0.0200. The Morgan fingerprint density at radius 3 is 2.90 bits per heavy atom. The van der Waals surface area contributed by atoms with Crippen LogP contribution in [0.5, 0.6) is 0 Å². The summed E-state index contributed by atoms with van der Waals surface area (Å²) in [7, 11) is 1.35. The average molecular weight is 294 g/mol. The molecule has 1 aliphatic rings. The smallest absolute Gasteiger partial charge is 0.413 e. The number of nitrogens with one attached hydrogen (secondary N) is 1. The van der Waals surface area contributed by atoms with Gasteiger partial charge in [0, 0.05) is 24.4 Å². The summed E-state index contributed by atoms with van der Waals surface area (Å²) in [6, 6.07) is 0.0200. The molecule has 118 valence electrons. The number of rotatable bonds is 7. The summed E-state index contributed by atoms with van der Waals surface area (Å²) < 4.78 is 4.78. The maximum absolute atomic E-state index is 12.1. The fourth-order valence-electron chi connectivity index (χ4n) is 2.39. The van der Waals surface area contributed by atoms with E-state index in [1.807, 2.05) is 0 Å². The first-order valence-corrected chi connectivity index (χ1v) is 7.60. The molecular weight excluding hydrogens is 268 g/mol. The van der Waals surface area contributed by atoms with Crippen molar-refractivity contribution in [2.24, 2.45) is 0 Å². The number of amides is 2. The molecule has 0 fully saturated rings. The van der Waals surface area contributed by atoms with Crippen molar-refractivity contribution in [2.45, 2.75) is 51.5 Å². The van der Waals surface area contributed by atoms with Crippen LogP contribution in [-0.4, -0.2) is 36.6 Å². The van der Waals surface area contributed by atoms with Gasteiger partial charge in [-0.25, -0.2) is 4.79 Å². The van der Waals surface area contributed by atoms with E-state index < -0.39 is 6.09 Å². The number of carbonyl (C=O) groups excluding carboxylic acids is 2. The Morgan fingerprint density at radius 1 is 1.52 bits per heavy atom. The van der Waals surface area contributed by atoms with Gasteiger partial charge in [0.1, 0.15) is 0 Å². The van der Waals surface area contributed by atoms with E-state index in [0.717, 1.165) is 25.7 Å². The standard InChI is InChI=1S/C16H26N2O3/c1-4-6-7-11-17-15(19)13-9-10-14(8-5-2)18(12-13)16(20)21-3/h5,12,14H,2,4,6-11H2,1,3H3,(H,17,19)/t14-/m1/s1. The van der Waals surface area contributed by atoms with Crippen LogP contribution in [0.2, 0.25) is 0 Å². The first kappa shape index (κ1) is 17.3. The zero-order valence-corrected chi connectivity index (χ0v) is 13.1. The maximum Gasteiger partial charge on any atom is 0.413 e. The Balaban J connectivity index is 2.67. The van der Waals surface area contributed by atoms with Gasteiger partial charge in [-0.3, -0.25) is 9.69 Å². The Bertz CT molecular complexity index is 404. The van der Waals surface area contributed by atoms with E-state index in [1.165, 1.54) is 12.0 Å². The molecular formula is C16H26N2O3. The average Bonchev–Trinajstić information content (AvgIpc) is 2.51. The van der Waals surface area contributed by atoms with Crippen LogP contribution in [0.3, 0.4) is 0 Å². The fraction of sp³-hybridized carbons (Fsp3) is 0.625. The molecule has 0 aromatic heterocycles. The number of hydrogen-bond donors (Lipinski definition) is 1. The topological polar surface area (TPSA) is 58.6 Å². The van der Waals surface area contributed by atoms with E-state index in [0.29, 0.717) is 25.0 Å². The summed E-state index contributed by atoms with van der Waals surface area (Å²) in [5, 5.41) is 2.91. The van der Waals surface area contributed by atoms with Gasteiger partial charge >= 0.3 is 6.09 Å². The molecule has 1 heterocycles. The molecule has 2 amide bonds. The molecule has 0 bridgehead atoms. The van der Waals surface area contributed by atoms with Crippen LogP contribution in [0, 0.1) is 0 Å². The second-order valence-electron chi connectivity index (χ2n) is 5.21. The van der Waals surface area contributed by atoms with Crippen LogP contribution < -0.4 is 5.32 Å². The zero-order chi connectivity index (χ0) is 15.7. The van der Waals surface area contributed by atoms with Gasteiger partial charge < -0.3 is 10.1 Å². The fourth-order valence-corrected chi connectivity index (χ4v) is 2.39. The van der Waals surface area contributed by atoms with Crippen molar-refractivity contribution in [1.82, 2.24) is 10.2 Å². The van der Waals surface area contributed by atoms with Gasteiger partial charge in [-0.1, -0.05) is 25.8 Å². The first-order valence-electron chi connectivity index (χ1n) is 7.60. The first-order chi connectivity index (χ1) is 10.1. The molecule has 1 aliphatic heterocycles. The molecule has 1 rings (SSSR count). The number of methoxy groups -OCH3 is 1. The van der Waals surface area contributed by atoms with Crippen LogP contribution in [0.1, 0.15) is 45.4 Å². The summed E-state index contributed by atoms with van der Waals surface area (Å²) in [5.74, 6) is -0.0861. The molecule has 0 aliphatic carbocycles. The van der Waals surface area contributed by atoms with Crippen LogP contribution in [0.4, 0.5) is 4.79 Å². The summed E-state index contributed by atoms with van der Waals surface area (Å²) in [6.07, 6.45) is 8.29. The van der Waals surface area contributed by atoms with E-state index in [-0.39, 0.29) is 11.9 Å². The maximum atomic E-state index is 12.1. The van der Waals surface area contributed by atoms with Gasteiger partial charge in [0.25, 0.3) is 0 Å². The van der Waals surface area contributed by atoms with E-state index in [4.69, 9.17) is 4.74 Å². The Morgan fingerprint density at radius 2 is 2.29 bits per heavy atom. The molecule has 1 atom stereocenters. The number of hydrogen-bond acceptors (Lipinski definition) is 3. The lowest BCUT2D eigenvalue weighted by molar-refractivity contribution is -0.117. The van der Waals surface area contributed by atoms with Gasteiger partial charge in [-0.15, -0.1) is 6.58 Å². The van der Waals surface area contributed by atoms with Crippen molar-refractivity contribution >= 4 is 12.0 Å². The predicted molar refractivity (Wildman–Crippen MR) is 82.7 cm³/mol. The van der Waals surface area contributed by atoms with Crippen molar-refractivity contribution in [3.8, 4) is 0 Å². The van der Waals surface area contributed by atoms with Gasteiger partial charge in [-0.05, 0) is 25.7 Å². The van der Waals surface area contributed by atoms with Gasteiger partial charge in [0.05, 0.1) is 7.11 Å². The van der Waals surface area contributed by atoms with Crippen LogP contribution in [0.25, 0.3) is 0 Å². The van der Waals surface area contributed by atoms with E-state index in [1.54, 1.807) is 12.3 Å². The van der Waals surface area contributed by atoms with Crippen LogP contribution in [0.15, 0.2) is 24.4 Å². The van der Waals surface area contributed by atoms with Crippen molar-refractivity contribution in [1.29, 1.82) is 0 Å². The van der Waals surface area contributed by atoms with Crippen molar-refractivity contribution in [3.05, 3.63) is 24.4 Å². The third kappa shape index (κ3) is 5.25. The molecule has 0 aromatic rings. The molecule has 5 heteroatoms. The monoisotopic (exact) mass is 294 g/mol. The van der Waals surface area contributed by atoms with Crippen molar-refractivity contribution in [3.63, 3.8) is 0 Å². The summed E-state index contributed by atoms with van der Waals surface area (Å²) >= 11 is 0. The highest BCUT2D eigenvalue weighted by Crippen LogP contribution is 2.24. The van der Waals surface area contributed by atoms with E-state index >= 15 is 0 Å². The lowest BCUT2D eigenvalue weighted by Gasteiger charge is -2.31. The highest BCUT2D eigenvalue weighted by atomic mass is 16.5. The summed E-state index contributed by atoms with van der Waals surface area (Å²) in [6.45, 7) is 6.51. The second kappa shape index (κ2) is 9.21. The lowest BCUT2D eigenvalue weighted by atomic mass is 9.98. The normalized spacial score (nSPS) is 17.9. The molecule has 0 saturated carbocycles. The lowest BCUT2D eigenvalue weighted by Crippen LogP contribution is -2.40. The molecule has 0 saturated heterocycles. The van der Waals surface area contributed by atoms with Crippen molar-refractivity contribution in [2.75, 3.05) is 13.7 Å². The van der Waals surface area contributed by atoms with Crippen LogP contribution in [-0.2, 0) is 9.53 Å². The Labute approximate surface area is 127 Å². The molecule has 5 nitrogen and oxygen atoms in total. The highest BCUT2D eigenvalue weighted by Gasteiger charge is 2.28. The largest absolute Gasteiger partial charge is 0.452 e. The molecule has 0 aromatic carbocycles. The van der Waals surface area contributed by atoms with Gasteiger partial charge in [0.15, 0.2) is 0 Å². The van der Waals surface area contributed by atoms with Gasteiger partial charge in [-0.2, -0.15) is 0 Å². The Hall–Kier alpha value is -1.78. The van der Waals surface area contributed by atoms with Gasteiger partial charge in [0.2, 0.25) is 5.91 Å². The number of nitrogens with zero attached hydrogens (tertiary/aromatic N) is 1. The highest BCUT2D eigenvalue weighted by molar-refractivity contribution is 5.94. The summed E-state index contributed by atoms with van der Waals surface area (Å²) in [5.41, 5.74) is 0.636. The summed E-state index contributed by atoms with van der Waals surface area (Å²) in [4.78, 5) is 25.4. The molecule has 1 N–H and O–H groups in total. The molecule has 0 unspecified atom stereocenters. The van der Waals surface area contributed by atoms with Crippen LogP contribution >= 0.6 is 0 Å². The zero-order valence-electron chi connectivity index (χ0n) is 13.1. The van der Waals surface area contributed by atoms with Crippen molar-refractivity contribution < 1.29 is 14.3 Å². The third-order valence-corrected chi connectivity index (χ3v) is 3.62.